The number of sulfonamides is 1. The second-order valence-corrected chi connectivity index (χ2v) is 8.28. The van der Waals surface area contributed by atoms with Crippen molar-refractivity contribution in [2.45, 2.75) is 30.7 Å². The fraction of sp³-hybridized carbons (Fsp3) is 0.211. The highest BCUT2D eigenvalue weighted by molar-refractivity contribution is 7.89. The molecule has 0 saturated carbocycles. The molecule has 0 saturated heterocycles. The highest BCUT2D eigenvalue weighted by Gasteiger charge is 2.27. The van der Waals surface area contributed by atoms with Crippen molar-refractivity contribution in [2.24, 2.45) is 0 Å². The number of anilines is 1. The van der Waals surface area contributed by atoms with Crippen molar-refractivity contribution in [3.05, 3.63) is 71.4 Å². The molecule has 0 fully saturated rings. The number of fused-ring (bicyclic) bond motifs is 1. The Labute approximate surface area is 162 Å². The molecular weight excluding hydrogens is 380 g/mol. The molecule has 4 rings (SSSR count). The molecule has 1 amide bonds. The van der Waals surface area contributed by atoms with Gasteiger partial charge in [0.05, 0.1) is 11.3 Å². The standard InChI is InChI=1S/C19H18N4O4S/c1-12-21-22-19(27-12)17(9-13-5-3-2-4-6-13)23-28(25,26)15-7-8-16-14(10-15)11-18(24)20-16/h2-8,10,17,23H,9,11H2,1H3,(H,20,24). The molecular formula is C19H18N4O4S. The monoisotopic (exact) mass is 398 g/mol. The predicted octanol–water partition coefficient (Wildman–Crippen LogP) is 2.13. The fourth-order valence-electron chi connectivity index (χ4n) is 3.11. The average Bonchev–Trinajstić information content (AvgIpc) is 3.25. The van der Waals surface area contributed by atoms with Crippen molar-refractivity contribution in [2.75, 3.05) is 5.32 Å². The third-order valence-corrected chi connectivity index (χ3v) is 5.90. The molecule has 8 nitrogen and oxygen atoms in total. The van der Waals surface area contributed by atoms with Gasteiger partial charge in [0.25, 0.3) is 0 Å². The highest BCUT2D eigenvalue weighted by atomic mass is 32.2. The Morgan fingerprint density at radius 2 is 1.96 bits per heavy atom. The van der Waals surface area contributed by atoms with Crippen molar-refractivity contribution in [3.8, 4) is 0 Å². The number of rotatable bonds is 6. The van der Waals surface area contributed by atoms with Crippen LogP contribution in [0.2, 0.25) is 0 Å². The van der Waals surface area contributed by atoms with Crippen LogP contribution in [0.5, 0.6) is 0 Å². The average molecular weight is 398 g/mol. The summed E-state index contributed by atoms with van der Waals surface area (Å²) < 4.78 is 34.1. The zero-order valence-electron chi connectivity index (χ0n) is 15.0. The van der Waals surface area contributed by atoms with Crippen molar-refractivity contribution >= 4 is 21.6 Å². The number of hydrogen-bond acceptors (Lipinski definition) is 6. The molecule has 1 atom stereocenters. The first-order valence-corrected chi connectivity index (χ1v) is 10.2. The van der Waals surface area contributed by atoms with Gasteiger partial charge in [-0.05, 0) is 35.7 Å². The van der Waals surface area contributed by atoms with E-state index >= 15 is 0 Å². The fourth-order valence-corrected chi connectivity index (χ4v) is 4.35. The quantitative estimate of drug-likeness (QED) is 0.657. The Hall–Kier alpha value is -3.04. The molecule has 144 valence electrons. The van der Waals surface area contributed by atoms with Crippen LogP contribution in [0.15, 0.2) is 57.8 Å². The minimum absolute atomic E-state index is 0.0806. The zero-order chi connectivity index (χ0) is 19.7. The molecule has 1 unspecified atom stereocenters. The molecule has 0 spiro atoms. The van der Waals surface area contributed by atoms with Gasteiger partial charge in [-0.2, -0.15) is 4.72 Å². The van der Waals surface area contributed by atoms with E-state index < -0.39 is 16.1 Å². The lowest BCUT2D eigenvalue weighted by atomic mass is 10.1. The Morgan fingerprint density at radius 1 is 1.18 bits per heavy atom. The molecule has 3 aromatic rings. The van der Waals surface area contributed by atoms with Gasteiger partial charge in [0.15, 0.2) is 0 Å². The Morgan fingerprint density at radius 3 is 2.68 bits per heavy atom. The summed E-state index contributed by atoms with van der Waals surface area (Å²) in [5, 5.41) is 10.5. The van der Waals surface area contributed by atoms with Crippen LogP contribution >= 0.6 is 0 Å². The van der Waals surface area contributed by atoms with Crippen LogP contribution in [0.25, 0.3) is 0 Å². The maximum absolute atomic E-state index is 13.0. The van der Waals surface area contributed by atoms with Crippen molar-refractivity contribution < 1.29 is 17.6 Å². The summed E-state index contributed by atoms with van der Waals surface area (Å²) >= 11 is 0. The van der Waals surface area contributed by atoms with Gasteiger partial charge in [0.2, 0.25) is 27.7 Å². The van der Waals surface area contributed by atoms with E-state index in [9.17, 15) is 13.2 Å². The van der Waals surface area contributed by atoms with E-state index in [2.05, 4.69) is 20.2 Å². The molecule has 2 N–H and O–H groups in total. The second-order valence-electron chi connectivity index (χ2n) is 6.57. The van der Waals surface area contributed by atoms with Gasteiger partial charge in [-0.15, -0.1) is 10.2 Å². The highest BCUT2D eigenvalue weighted by Crippen LogP contribution is 2.27. The van der Waals surface area contributed by atoms with Crippen LogP contribution in [0.3, 0.4) is 0 Å². The van der Waals surface area contributed by atoms with Crippen LogP contribution in [0, 0.1) is 6.92 Å². The number of nitrogens with zero attached hydrogens (tertiary/aromatic N) is 2. The van der Waals surface area contributed by atoms with E-state index in [-0.39, 0.29) is 23.1 Å². The molecule has 1 aromatic heterocycles. The van der Waals surface area contributed by atoms with Crippen molar-refractivity contribution in [1.29, 1.82) is 0 Å². The smallest absolute Gasteiger partial charge is 0.241 e. The summed E-state index contributed by atoms with van der Waals surface area (Å²) in [4.78, 5) is 11.6. The maximum atomic E-state index is 13.0. The largest absolute Gasteiger partial charge is 0.424 e. The summed E-state index contributed by atoms with van der Waals surface area (Å²) in [6.07, 6.45) is 0.516. The minimum Gasteiger partial charge on any atom is -0.424 e. The summed E-state index contributed by atoms with van der Waals surface area (Å²) in [6.45, 7) is 1.65. The van der Waals surface area contributed by atoms with E-state index in [1.807, 2.05) is 30.3 Å². The molecule has 0 aliphatic carbocycles. The number of carbonyl (C=O) groups is 1. The van der Waals surface area contributed by atoms with E-state index in [1.165, 1.54) is 12.1 Å². The second kappa shape index (κ2) is 7.17. The summed E-state index contributed by atoms with van der Waals surface area (Å²) in [5.41, 5.74) is 2.22. The van der Waals surface area contributed by atoms with Crippen LogP contribution < -0.4 is 10.0 Å². The number of hydrogen-bond donors (Lipinski definition) is 2. The molecule has 2 aromatic carbocycles. The summed E-state index contributed by atoms with van der Waals surface area (Å²) in [7, 11) is -3.87. The van der Waals surface area contributed by atoms with Crippen LogP contribution in [0.4, 0.5) is 5.69 Å². The number of carbonyl (C=O) groups excluding carboxylic acids is 1. The first kappa shape index (κ1) is 18.3. The number of aryl methyl sites for hydroxylation is 1. The van der Waals surface area contributed by atoms with Crippen LogP contribution in [-0.2, 0) is 27.7 Å². The number of benzene rings is 2. The SMILES string of the molecule is Cc1nnc(C(Cc2ccccc2)NS(=O)(=O)c2ccc3c(c2)CC(=O)N3)o1. The van der Waals surface area contributed by atoms with Gasteiger partial charge in [-0.25, -0.2) is 8.42 Å². The molecule has 0 bridgehead atoms. The van der Waals surface area contributed by atoms with E-state index in [4.69, 9.17) is 4.42 Å². The lowest BCUT2D eigenvalue weighted by molar-refractivity contribution is -0.115. The van der Waals surface area contributed by atoms with Gasteiger partial charge in [0.1, 0.15) is 6.04 Å². The van der Waals surface area contributed by atoms with E-state index in [0.29, 0.717) is 23.6 Å². The van der Waals surface area contributed by atoms with Gasteiger partial charge < -0.3 is 9.73 Å². The Balaban J connectivity index is 1.64. The first-order chi connectivity index (χ1) is 13.4. The third kappa shape index (κ3) is 3.80. The van der Waals surface area contributed by atoms with Gasteiger partial charge in [-0.1, -0.05) is 30.3 Å². The van der Waals surface area contributed by atoms with Crippen LogP contribution in [0.1, 0.15) is 29.0 Å². The molecule has 1 aliphatic heterocycles. The number of aromatic nitrogens is 2. The predicted molar refractivity (Wildman–Crippen MR) is 101 cm³/mol. The first-order valence-electron chi connectivity index (χ1n) is 8.70. The van der Waals surface area contributed by atoms with Gasteiger partial charge >= 0.3 is 0 Å². The molecule has 1 aliphatic rings. The van der Waals surface area contributed by atoms with E-state index in [1.54, 1.807) is 13.0 Å². The molecule has 0 radical (unpaired) electrons. The van der Waals surface area contributed by atoms with Gasteiger partial charge in [-0.3, -0.25) is 4.79 Å². The molecule has 9 heteroatoms. The lowest BCUT2D eigenvalue weighted by Crippen LogP contribution is -2.30. The lowest BCUT2D eigenvalue weighted by Gasteiger charge is -2.16. The number of amides is 1. The maximum Gasteiger partial charge on any atom is 0.241 e. The van der Waals surface area contributed by atoms with Crippen molar-refractivity contribution in [1.82, 2.24) is 14.9 Å². The molecule has 2 heterocycles. The summed E-state index contributed by atoms with van der Waals surface area (Å²) in [5.74, 6) is 0.401. The van der Waals surface area contributed by atoms with Gasteiger partial charge in [0, 0.05) is 12.6 Å². The zero-order valence-corrected chi connectivity index (χ0v) is 15.9. The molecule has 28 heavy (non-hydrogen) atoms. The Bertz CT molecular complexity index is 1130. The topological polar surface area (TPSA) is 114 Å². The van der Waals surface area contributed by atoms with Crippen LogP contribution in [-0.4, -0.2) is 24.5 Å². The van der Waals surface area contributed by atoms with Crippen molar-refractivity contribution in [3.63, 3.8) is 0 Å². The van der Waals surface area contributed by atoms with E-state index in [0.717, 1.165) is 5.56 Å². The Kier molecular flexibility index (Phi) is 4.70. The minimum atomic E-state index is -3.87. The summed E-state index contributed by atoms with van der Waals surface area (Å²) in [6, 6.07) is 13.3. The number of nitrogens with one attached hydrogen (secondary N) is 2. The normalized spacial score (nSPS) is 14.5. The third-order valence-electron chi connectivity index (χ3n) is 4.43.